The third kappa shape index (κ3) is 2.44. The second-order valence-corrected chi connectivity index (χ2v) is 6.87. The minimum Gasteiger partial charge on any atom is -0.377 e. The summed E-state index contributed by atoms with van der Waals surface area (Å²) in [5.41, 5.74) is 6.50. The summed E-state index contributed by atoms with van der Waals surface area (Å²) in [6, 6.07) is 1.50. The molecule has 110 valence electrons. The Labute approximate surface area is 117 Å². The van der Waals surface area contributed by atoms with Gasteiger partial charge in [0.05, 0.1) is 6.10 Å². The standard InChI is InChI=1S/C15H29N3O/c1-12-10-18(6-3-7-19-12)15(11-16)8-13-4-5-14(9-15)17(13)2/h12-14H,3-11,16H2,1-2H3. The molecule has 4 heteroatoms. The molecule has 2 bridgehead atoms. The van der Waals surface area contributed by atoms with Crippen LogP contribution < -0.4 is 5.73 Å². The van der Waals surface area contributed by atoms with Gasteiger partial charge in [0, 0.05) is 43.9 Å². The van der Waals surface area contributed by atoms with E-state index in [4.69, 9.17) is 10.5 Å². The van der Waals surface area contributed by atoms with E-state index in [-0.39, 0.29) is 5.54 Å². The summed E-state index contributed by atoms with van der Waals surface area (Å²) < 4.78 is 5.81. The van der Waals surface area contributed by atoms with E-state index in [2.05, 4.69) is 23.8 Å². The third-order valence-electron chi connectivity index (χ3n) is 5.72. The molecule has 0 saturated carbocycles. The van der Waals surface area contributed by atoms with Crippen LogP contribution in [-0.2, 0) is 4.74 Å². The van der Waals surface area contributed by atoms with Crippen LogP contribution in [-0.4, -0.2) is 66.8 Å². The summed E-state index contributed by atoms with van der Waals surface area (Å²) in [7, 11) is 2.30. The van der Waals surface area contributed by atoms with E-state index in [0.29, 0.717) is 6.10 Å². The zero-order valence-electron chi connectivity index (χ0n) is 12.5. The molecular weight excluding hydrogens is 238 g/mol. The first kappa shape index (κ1) is 13.8. The first-order valence-electron chi connectivity index (χ1n) is 7.93. The Bertz CT molecular complexity index is 309. The molecule has 3 atom stereocenters. The van der Waals surface area contributed by atoms with E-state index in [1.54, 1.807) is 0 Å². The molecule has 3 aliphatic rings. The molecule has 0 aromatic heterocycles. The number of hydrogen-bond acceptors (Lipinski definition) is 4. The Morgan fingerprint density at radius 2 is 1.95 bits per heavy atom. The van der Waals surface area contributed by atoms with Gasteiger partial charge in [-0.1, -0.05) is 0 Å². The fourth-order valence-corrected chi connectivity index (χ4v) is 4.52. The van der Waals surface area contributed by atoms with Gasteiger partial charge in [-0.15, -0.1) is 0 Å². The van der Waals surface area contributed by atoms with E-state index < -0.39 is 0 Å². The Balaban J connectivity index is 1.79. The van der Waals surface area contributed by atoms with Crippen molar-refractivity contribution < 1.29 is 4.74 Å². The van der Waals surface area contributed by atoms with E-state index in [9.17, 15) is 0 Å². The van der Waals surface area contributed by atoms with Gasteiger partial charge < -0.3 is 15.4 Å². The van der Waals surface area contributed by atoms with Gasteiger partial charge in [-0.2, -0.15) is 0 Å². The van der Waals surface area contributed by atoms with Crippen molar-refractivity contribution in [3.05, 3.63) is 0 Å². The summed E-state index contributed by atoms with van der Waals surface area (Å²) in [5.74, 6) is 0. The van der Waals surface area contributed by atoms with Crippen LogP contribution in [0.25, 0.3) is 0 Å². The molecule has 0 aromatic carbocycles. The fraction of sp³-hybridized carbons (Fsp3) is 1.00. The van der Waals surface area contributed by atoms with Gasteiger partial charge in [-0.25, -0.2) is 0 Å². The van der Waals surface area contributed by atoms with Crippen molar-refractivity contribution in [1.82, 2.24) is 9.80 Å². The van der Waals surface area contributed by atoms with Gasteiger partial charge in [0.2, 0.25) is 0 Å². The number of fused-ring (bicyclic) bond motifs is 2. The minimum absolute atomic E-state index is 0.236. The van der Waals surface area contributed by atoms with Crippen LogP contribution >= 0.6 is 0 Å². The topological polar surface area (TPSA) is 41.7 Å². The SMILES string of the molecule is CC1CN(C2(CN)CC3CCC(C2)N3C)CCCO1. The van der Waals surface area contributed by atoms with Gasteiger partial charge in [-0.05, 0) is 46.1 Å². The van der Waals surface area contributed by atoms with Crippen LogP contribution in [0.1, 0.15) is 39.0 Å². The van der Waals surface area contributed by atoms with Crippen molar-refractivity contribution in [1.29, 1.82) is 0 Å². The summed E-state index contributed by atoms with van der Waals surface area (Å²) >= 11 is 0. The molecule has 3 saturated heterocycles. The Morgan fingerprint density at radius 1 is 1.26 bits per heavy atom. The zero-order chi connectivity index (χ0) is 13.5. The largest absolute Gasteiger partial charge is 0.377 e. The number of piperidine rings is 1. The summed E-state index contributed by atoms with van der Waals surface area (Å²) in [6.07, 6.45) is 6.73. The van der Waals surface area contributed by atoms with Crippen molar-refractivity contribution in [2.24, 2.45) is 5.73 Å². The highest BCUT2D eigenvalue weighted by Crippen LogP contribution is 2.42. The molecular formula is C15H29N3O. The van der Waals surface area contributed by atoms with E-state index >= 15 is 0 Å². The fourth-order valence-electron chi connectivity index (χ4n) is 4.52. The monoisotopic (exact) mass is 267 g/mol. The summed E-state index contributed by atoms with van der Waals surface area (Å²) in [4.78, 5) is 5.27. The van der Waals surface area contributed by atoms with Crippen LogP contribution in [0.2, 0.25) is 0 Å². The highest BCUT2D eigenvalue weighted by Gasteiger charge is 2.49. The van der Waals surface area contributed by atoms with E-state index in [0.717, 1.165) is 44.7 Å². The van der Waals surface area contributed by atoms with Gasteiger partial charge >= 0.3 is 0 Å². The van der Waals surface area contributed by atoms with Crippen LogP contribution in [0.5, 0.6) is 0 Å². The number of nitrogens with two attached hydrogens (primary N) is 1. The Hall–Kier alpha value is -0.160. The van der Waals surface area contributed by atoms with Crippen molar-refractivity contribution in [3.8, 4) is 0 Å². The van der Waals surface area contributed by atoms with Gasteiger partial charge in [-0.3, -0.25) is 4.90 Å². The number of hydrogen-bond donors (Lipinski definition) is 1. The molecule has 3 rings (SSSR count). The minimum atomic E-state index is 0.236. The molecule has 19 heavy (non-hydrogen) atoms. The molecule has 4 nitrogen and oxygen atoms in total. The molecule has 0 radical (unpaired) electrons. The van der Waals surface area contributed by atoms with Crippen molar-refractivity contribution in [2.75, 3.05) is 33.3 Å². The molecule has 0 aromatic rings. The normalized spacial score (nSPS) is 45.3. The highest BCUT2D eigenvalue weighted by atomic mass is 16.5. The van der Waals surface area contributed by atoms with Gasteiger partial charge in [0.1, 0.15) is 0 Å². The van der Waals surface area contributed by atoms with Crippen molar-refractivity contribution in [3.63, 3.8) is 0 Å². The quantitative estimate of drug-likeness (QED) is 0.812. The average Bonchev–Trinajstić information content (AvgIpc) is 2.65. The zero-order valence-corrected chi connectivity index (χ0v) is 12.5. The molecule has 3 unspecified atom stereocenters. The van der Waals surface area contributed by atoms with Crippen molar-refractivity contribution in [2.45, 2.75) is 62.8 Å². The first-order chi connectivity index (χ1) is 9.14. The van der Waals surface area contributed by atoms with Gasteiger partial charge in [0.25, 0.3) is 0 Å². The number of rotatable bonds is 2. The lowest BCUT2D eigenvalue weighted by Gasteiger charge is -2.51. The van der Waals surface area contributed by atoms with Crippen LogP contribution in [0.15, 0.2) is 0 Å². The molecule has 2 N–H and O–H groups in total. The maximum absolute atomic E-state index is 6.26. The maximum atomic E-state index is 6.26. The third-order valence-corrected chi connectivity index (χ3v) is 5.72. The molecule has 3 fully saturated rings. The Morgan fingerprint density at radius 3 is 2.58 bits per heavy atom. The van der Waals surface area contributed by atoms with E-state index in [1.807, 2.05) is 0 Å². The number of ether oxygens (including phenoxy) is 1. The summed E-state index contributed by atoms with van der Waals surface area (Å²) in [6.45, 7) is 6.13. The second-order valence-electron chi connectivity index (χ2n) is 6.87. The number of nitrogens with zero attached hydrogens (tertiary/aromatic N) is 2. The predicted molar refractivity (Wildman–Crippen MR) is 77.2 cm³/mol. The van der Waals surface area contributed by atoms with Gasteiger partial charge in [0.15, 0.2) is 0 Å². The van der Waals surface area contributed by atoms with Crippen LogP contribution in [0.3, 0.4) is 0 Å². The predicted octanol–water partition coefficient (Wildman–Crippen LogP) is 1.05. The molecule has 0 aliphatic carbocycles. The average molecular weight is 267 g/mol. The highest BCUT2D eigenvalue weighted by molar-refractivity contribution is 5.07. The molecule has 3 heterocycles. The lowest BCUT2D eigenvalue weighted by Crippen LogP contribution is -2.62. The first-order valence-corrected chi connectivity index (χ1v) is 7.93. The molecule has 0 amide bonds. The second kappa shape index (κ2) is 5.32. The van der Waals surface area contributed by atoms with Crippen molar-refractivity contribution >= 4 is 0 Å². The van der Waals surface area contributed by atoms with E-state index in [1.165, 1.54) is 25.7 Å². The molecule has 0 spiro atoms. The summed E-state index contributed by atoms with van der Waals surface area (Å²) in [5, 5.41) is 0. The molecule has 3 aliphatic heterocycles. The smallest absolute Gasteiger partial charge is 0.0674 e. The Kier molecular flexibility index (Phi) is 3.87. The van der Waals surface area contributed by atoms with Crippen LogP contribution in [0, 0.1) is 0 Å². The lowest BCUT2D eigenvalue weighted by atomic mass is 9.81. The lowest BCUT2D eigenvalue weighted by molar-refractivity contribution is -0.0137. The van der Waals surface area contributed by atoms with Crippen LogP contribution in [0.4, 0.5) is 0 Å². The maximum Gasteiger partial charge on any atom is 0.0674 e.